The van der Waals surface area contributed by atoms with Gasteiger partial charge in [-0.25, -0.2) is 0 Å². The normalized spacial score (nSPS) is 11.7. The summed E-state index contributed by atoms with van der Waals surface area (Å²) in [6, 6.07) is 4.58. The first-order valence-electron chi connectivity index (χ1n) is 3.93. The van der Waals surface area contributed by atoms with Gasteiger partial charge in [-0.05, 0) is 17.7 Å². The van der Waals surface area contributed by atoms with Crippen LogP contribution in [0.4, 0.5) is 0 Å². The highest BCUT2D eigenvalue weighted by Gasteiger charge is 2.13. The third-order valence-corrected chi connectivity index (χ3v) is 2.68. The van der Waals surface area contributed by atoms with E-state index in [-0.39, 0.29) is 18.8 Å². The van der Waals surface area contributed by atoms with E-state index < -0.39 is 12.0 Å². The monoisotopic (exact) mass is 313 g/mol. The van der Waals surface area contributed by atoms with Crippen LogP contribution in [-0.4, -0.2) is 11.1 Å². The van der Waals surface area contributed by atoms with Crippen LogP contribution in [0.25, 0.3) is 0 Å². The van der Waals surface area contributed by atoms with E-state index in [2.05, 4.69) is 15.9 Å². The smallest absolute Gasteiger partial charge is 0.305 e. The number of halogens is 3. The highest BCUT2D eigenvalue weighted by Crippen LogP contribution is 2.26. The molecule has 0 aliphatic heterocycles. The van der Waals surface area contributed by atoms with Crippen LogP contribution in [0.3, 0.4) is 0 Å². The van der Waals surface area contributed by atoms with Gasteiger partial charge in [-0.3, -0.25) is 4.79 Å². The number of carboxylic acid groups (broad SMARTS) is 1. The molecule has 6 heteroatoms. The van der Waals surface area contributed by atoms with Crippen molar-refractivity contribution in [2.45, 2.75) is 12.5 Å². The number of benzene rings is 1. The summed E-state index contributed by atoms with van der Waals surface area (Å²) < 4.78 is 0.735. The van der Waals surface area contributed by atoms with E-state index in [1.807, 2.05) is 0 Å². The lowest BCUT2D eigenvalue weighted by Gasteiger charge is -2.11. The summed E-state index contributed by atoms with van der Waals surface area (Å²) in [5, 5.41) is 9.16. The van der Waals surface area contributed by atoms with Crippen molar-refractivity contribution in [2.75, 3.05) is 0 Å². The number of nitrogens with two attached hydrogens (primary N) is 1. The van der Waals surface area contributed by atoms with Gasteiger partial charge in [-0.15, -0.1) is 12.4 Å². The molecule has 1 aromatic carbocycles. The van der Waals surface area contributed by atoms with Gasteiger partial charge >= 0.3 is 5.97 Å². The van der Waals surface area contributed by atoms with E-state index in [9.17, 15) is 4.79 Å². The summed E-state index contributed by atoms with van der Waals surface area (Å²) in [6.07, 6.45) is -0.0970. The molecule has 84 valence electrons. The summed E-state index contributed by atoms with van der Waals surface area (Å²) in [5.74, 6) is -0.917. The zero-order chi connectivity index (χ0) is 10.7. The standard InChI is InChI=1S/C9H9BrClNO2.ClH/c10-7-3-5(11)1-2-6(7)8(12)4-9(13)14;/h1-3,8H,4,12H2,(H,13,14);1H/t8-;/m0./s1. The molecule has 0 unspecified atom stereocenters. The molecule has 0 radical (unpaired) electrons. The zero-order valence-corrected chi connectivity index (χ0v) is 10.8. The van der Waals surface area contributed by atoms with Crippen LogP contribution >= 0.6 is 39.9 Å². The molecule has 0 saturated heterocycles. The highest BCUT2D eigenvalue weighted by atomic mass is 79.9. The molecule has 0 saturated carbocycles. The minimum Gasteiger partial charge on any atom is -0.481 e. The SMILES string of the molecule is Cl.N[C@@H](CC(=O)O)c1ccc(Cl)cc1Br. The molecule has 0 spiro atoms. The number of carbonyl (C=O) groups is 1. The number of rotatable bonds is 3. The zero-order valence-electron chi connectivity index (χ0n) is 7.61. The molecular formula is C9H10BrCl2NO2. The Bertz CT molecular complexity index is 360. The summed E-state index contributed by atoms with van der Waals surface area (Å²) in [6.45, 7) is 0. The van der Waals surface area contributed by atoms with Gasteiger partial charge < -0.3 is 10.8 Å². The predicted octanol–water partition coefficient (Wildman–Crippen LogP) is 3.00. The number of aliphatic carboxylic acids is 1. The Morgan fingerprint density at radius 2 is 2.20 bits per heavy atom. The number of hydrogen-bond donors (Lipinski definition) is 2. The van der Waals surface area contributed by atoms with Crippen molar-refractivity contribution in [3.8, 4) is 0 Å². The average molecular weight is 315 g/mol. The van der Waals surface area contributed by atoms with Gasteiger partial charge in [-0.2, -0.15) is 0 Å². The molecule has 0 fully saturated rings. The average Bonchev–Trinajstić information content (AvgIpc) is 2.01. The van der Waals surface area contributed by atoms with E-state index in [0.29, 0.717) is 5.02 Å². The maximum Gasteiger partial charge on any atom is 0.305 e. The maximum atomic E-state index is 10.4. The largest absolute Gasteiger partial charge is 0.481 e. The minimum absolute atomic E-state index is 0. The first kappa shape index (κ1) is 14.7. The summed E-state index contributed by atoms with van der Waals surface area (Å²) in [5.41, 5.74) is 6.44. The molecular weight excluding hydrogens is 305 g/mol. The molecule has 0 amide bonds. The van der Waals surface area contributed by atoms with E-state index in [1.165, 1.54) is 0 Å². The van der Waals surface area contributed by atoms with E-state index >= 15 is 0 Å². The molecule has 3 N–H and O–H groups in total. The van der Waals surface area contributed by atoms with Crippen molar-refractivity contribution < 1.29 is 9.90 Å². The molecule has 0 aromatic heterocycles. The Morgan fingerprint density at radius 1 is 1.60 bits per heavy atom. The Morgan fingerprint density at radius 3 is 2.67 bits per heavy atom. The first-order chi connectivity index (χ1) is 6.50. The highest BCUT2D eigenvalue weighted by molar-refractivity contribution is 9.10. The maximum absolute atomic E-state index is 10.4. The fourth-order valence-corrected chi connectivity index (χ4v) is 2.08. The van der Waals surface area contributed by atoms with Crippen molar-refractivity contribution in [3.05, 3.63) is 33.3 Å². The van der Waals surface area contributed by atoms with Gasteiger partial charge in [0.1, 0.15) is 0 Å². The predicted molar refractivity (Wildman–Crippen MR) is 65.6 cm³/mol. The first-order valence-corrected chi connectivity index (χ1v) is 5.10. The van der Waals surface area contributed by atoms with E-state index in [4.69, 9.17) is 22.4 Å². The number of carboxylic acids is 1. The molecule has 0 aliphatic rings. The van der Waals surface area contributed by atoms with Gasteiger partial charge in [0.25, 0.3) is 0 Å². The van der Waals surface area contributed by atoms with Crippen molar-refractivity contribution >= 4 is 45.9 Å². The van der Waals surface area contributed by atoms with Crippen LogP contribution in [0.2, 0.25) is 5.02 Å². The molecule has 1 aromatic rings. The second-order valence-corrected chi connectivity index (χ2v) is 4.16. The van der Waals surface area contributed by atoms with Crippen LogP contribution in [-0.2, 0) is 4.79 Å². The van der Waals surface area contributed by atoms with Crippen molar-refractivity contribution in [3.63, 3.8) is 0 Å². The Hall–Kier alpha value is -0.290. The molecule has 15 heavy (non-hydrogen) atoms. The lowest BCUT2D eigenvalue weighted by Crippen LogP contribution is -2.15. The summed E-state index contributed by atoms with van der Waals surface area (Å²) >= 11 is 9.02. The topological polar surface area (TPSA) is 63.3 Å². The number of hydrogen-bond acceptors (Lipinski definition) is 2. The Labute approximate surface area is 107 Å². The van der Waals surface area contributed by atoms with Gasteiger partial charge in [0, 0.05) is 15.5 Å². The van der Waals surface area contributed by atoms with E-state index in [0.717, 1.165) is 10.0 Å². The minimum atomic E-state index is -0.917. The fraction of sp³-hybridized carbons (Fsp3) is 0.222. The summed E-state index contributed by atoms with van der Waals surface area (Å²) in [4.78, 5) is 10.4. The van der Waals surface area contributed by atoms with Gasteiger partial charge in [0.05, 0.1) is 6.42 Å². The van der Waals surface area contributed by atoms with Gasteiger partial charge in [0.15, 0.2) is 0 Å². The third-order valence-electron chi connectivity index (χ3n) is 1.76. The van der Waals surface area contributed by atoms with Crippen LogP contribution < -0.4 is 5.73 Å². The van der Waals surface area contributed by atoms with Crippen molar-refractivity contribution in [2.24, 2.45) is 5.73 Å². The quantitative estimate of drug-likeness (QED) is 0.901. The van der Waals surface area contributed by atoms with Crippen LogP contribution in [0, 0.1) is 0 Å². The van der Waals surface area contributed by atoms with Crippen molar-refractivity contribution in [1.29, 1.82) is 0 Å². The van der Waals surface area contributed by atoms with Gasteiger partial charge in [-0.1, -0.05) is 33.6 Å². The molecule has 0 bridgehead atoms. The lowest BCUT2D eigenvalue weighted by molar-refractivity contribution is -0.137. The van der Waals surface area contributed by atoms with Gasteiger partial charge in [0.2, 0.25) is 0 Å². The van der Waals surface area contributed by atoms with Crippen LogP contribution in [0.5, 0.6) is 0 Å². The molecule has 1 atom stereocenters. The molecule has 0 aliphatic carbocycles. The molecule has 3 nitrogen and oxygen atoms in total. The third kappa shape index (κ3) is 4.38. The fourth-order valence-electron chi connectivity index (χ4n) is 1.10. The molecule has 0 heterocycles. The molecule has 1 rings (SSSR count). The Balaban J connectivity index is 0.00000196. The second-order valence-electron chi connectivity index (χ2n) is 2.87. The summed E-state index contributed by atoms with van der Waals surface area (Å²) in [7, 11) is 0. The van der Waals surface area contributed by atoms with E-state index in [1.54, 1.807) is 18.2 Å². The lowest BCUT2D eigenvalue weighted by atomic mass is 10.1. The Kier molecular flexibility index (Phi) is 6.20. The second kappa shape index (κ2) is 6.33. The van der Waals surface area contributed by atoms with Crippen molar-refractivity contribution in [1.82, 2.24) is 0 Å². The van der Waals surface area contributed by atoms with Crippen LogP contribution in [0.15, 0.2) is 22.7 Å². The van der Waals surface area contributed by atoms with Crippen LogP contribution in [0.1, 0.15) is 18.0 Å².